The highest BCUT2D eigenvalue weighted by Gasteiger charge is 2.20. The molecule has 21 heavy (non-hydrogen) atoms. The van der Waals surface area contributed by atoms with E-state index in [0.29, 0.717) is 22.6 Å². The molecule has 1 heterocycles. The number of rotatable bonds is 5. The van der Waals surface area contributed by atoms with Gasteiger partial charge in [-0.15, -0.1) is 0 Å². The molecule has 1 aliphatic rings. The molecule has 118 valence electrons. The lowest BCUT2D eigenvalue weighted by Crippen LogP contribution is -2.32. The number of hydrogen-bond acceptors (Lipinski definition) is 4. The molecule has 1 aromatic carbocycles. The molecule has 0 bridgehead atoms. The highest BCUT2D eigenvalue weighted by molar-refractivity contribution is 9.10. The van der Waals surface area contributed by atoms with Crippen LogP contribution in [0.3, 0.4) is 0 Å². The van der Waals surface area contributed by atoms with E-state index in [2.05, 4.69) is 32.6 Å². The second kappa shape index (κ2) is 7.09. The van der Waals surface area contributed by atoms with Crippen molar-refractivity contribution in [3.63, 3.8) is 0 Å². The standard InChI is InChI=1S/C14H22BrN3O2S/c1-18-8-5-11(6-9-18)4-7-17-21(19,20)14-10-12(16)2-3-13(14)15/h2-3,10-11,17H,4-9,16H2,1H3. The summed E-state index contributed by atoms with van der Waals surface area (Å²) in [6.07, 6.45) is 3.16. The molecule has 5 nitrogen and oxygen atoms in total. The second-order valence-corrected chi connectivity index (χ2v) is 8.21. The summed E-state index contributed by atoms with van der Waals surface area (Å²) in [5, 5.41) is 0. The van der Waals surface area contributed by atoms with E-state index in [9.17, 15) is 8.42 Å². The summed E-state index contributed by atoms with van der Waals surface area (Å²) >= 11 is 3.26. The van der Waals surface area contributed by atoms with E-state index in [1.807, 2.05) is 0 Å². The van der Waals surface area contributed by atoms with E-state index in [4.69, 9.17) is 5.73 Å². The van der Waals surface area contributed by atoms with Crippen LogP contribution in [0.5, 0.6) is 0 Å². The Hall–Kier alpha value is -0.630. The van der Waals surface area contributed by atoms with Crippen LogP contribution in [0.4, 0.5) is 5.69 Å². The lowest BCUT2D eigenvalue weighted by atomic mass is 9.94. The third-order valence-electron chi connectivity index (χ3n) is 3.93. The Morgan fingerprint density at radius 1 is 1.38 bits per heavy atom. The first-order chi connectivity index (χ1) is 9.88. The van der Waals surface area contributed by atoms with Crippen LogP contribution in [0.2, 0.25) is 0 Å². The number of nitrogen functional groups attached to an aromatic ring is 1. The topological polar surface area (TPSA) is 75.4 Å². The highest BCUT2D eigenvalue weighted by atomic mass is 79.9. The van der Waals surface area contributed by atoms with E-state index >= 15 is 0 Å². The van der Waals surface area contributed by atoms with E-state index in [-0.39, 0.29) is 4.90 Å². The fraction of sp³-hybridized carbons (Fsp3) is 0.571. The van der Waals surface area contributed by atoms with Crippen LogP contribution >= 0.6 is 15.9 Å². The minimum Gasteiger partial charge on any atom is -0.399 e. The van der Waals surface area contributed by atoms with Gasteiger partial charge in [0.15, 0.2) is 0 Å². The van der Waals surface area contributed by atoms with Crippen LogP contribution in [0.15, 0.2) is 27.6 Å². The van der Waals surface area contributed by atoms with Crippen LogP contribution in [-0.2, 0) is 10.0 Å². The largest absolute Gasteiger partial charge is 0.399 e. The van der Waals surface area contributed by atoms with Crippen LogP contribution in [0.25, 0.3) is 0 Å². The predicted molar refractivity (Wildman–Crippen MR) is 88.6 cm³/mol. The van der Waals surface area contributed by atoms with Gasteiger partial charge in [-0.3, -0.25) is 0 Å². The number of nitrogens with one attached hydrogen (secondary N) is 1. The fourth-order valence-electron chi connectivity index (χ4n) is 2.55. The summed E-state index contributed by atoms with van der Waals surface area (Å²) in [4.78, 5) is 2.51. The predicted octanol–water partition coefficient (Wildman–Crippen LogP) is 2.04. The van der Waals surface area contributed by atoms with Crippen molar-refractivity contribution in [2.75, 3.05) is 32.4 Å². The van der Waals surface area contributed by atoms with Crippen molar-refractivity contribution < 1.29 is 8.42 Å². The molecule has 0 amide bonds. The van der Waals surface area contributed by atoms with Crippen molar-refractivity contribution in [1.29, 1.82) is 0 Å². The van der Waals surface area contributed by atoms with E-state index in [0.717, 1.165) is 32.4 Å². The van der Waals surface area contributed by atoms with E-state index < -0.39 is 10.0 Å². The van der Waals surface area contributed by atoms with Crippen LogP contribution in [0, 0.1) is 5.92 Å². The maximum absolute atomic E-state index is 12.3. The van der Waals surface area contributed by atoms with Gasteiger partial charge in [0, 0.05) is 16.7 Å². The zero-order valence-electron chi connectivity index (χ0n) is 12.2. The summed E-state index contributed by atoms with van der Waals surface area (Å²) in [6.45, 7) is 2.66. The molecule has 0 radical (unpaired) electrons. The fourth-order valence-corrected chi connectivity index (χ4v) is 4.60. The van der Waals surface area contributed by atoms with Gasteiger partial charge < -0.3 is 10.6 Å². The van der Waals surface area contributed by atoms with Crippen molar-refractivity contribution in [3.8, 4) is 0 Å². The third kappa shape index (κ3) is 4.67. The number of piperidine rings is 1. The first-order valence-electron chi connectivity index (χ1n) is 7.12. The maximum atomic E-state index is 12.3. The number of sulfonamides is 1. The molecule has 0 atom stereocenters. The lowest BCUT2D eigenvalue weighted by molar-refractivity contribution is 0.213. The van der Waals surface area contributed by atoms with Crippen molar-refractivity contribution in [3.05, 3.63) is 22.7 Å². The third-order valence-corrected chi connectivity index (χ3v) is 6.38. The molecule has 1 saturated heterocycles. The molecule has 7 heteroatoms. The van der Waals surface area contributed by atoms with Gasteiger partial charge >= 0.3 is 0 Å². The Bertz CT molecular complexity index is 584. The molecule has 0 aliphatic carbocycles. The van der Waals surface area contributed by atoms with Gasteiger partial charge in [0.05, 0.1) is 4.90 Å². The smallest absolute Gasteiger partial charge is 0.241 e. The number of halogens is 1. The highest BCUT2D eigenvalue weighted by Crippen LogP contribution is 2.24. The molecular formula is C14H22BrN3O2S. The molecule has 0 spiro atoms. The van der Waals surface area contributed by atoms with Gasteiger partial charge in [-0.1, -0.05) is 0 Å². The number of nitrogens with zero attached hydrogens (tertiary/aromatic N) is 1. The molecule has 1 aromatic rings. The van der Waals surface area contributed by atoms with E-state index in [1.165, 1.54) is 6.07 Å². The maximum Gasteiger partial charge on any atom is 0.241 e. The SMILES string of the molecule is CN1CCC(CCNS(=O)(=O)c2cc(N)ccc2Br)CC1. The van der Waals surface area contributed by atoms with Gasteiger partial charge in [-0.2, -0.15) is 0 Å². The van der Waals surface area contributed by atoms with Crippen molar-refractivity contribution in [1.82, 2.24) is 9.62 Å². The number of anilines is 1. The molecule has 0 saturated carbocycles. The Morgan fingerprint density at radius 3 is 2.71 bits per heavy atom. The van der Waals surface area contributed by atoms with Crippen molar-refractivity contribution in [2.45, 2.75) is 24.2 Å². The van der Waals surface area contributed by atoms with Crippen molar-refractivity contribution >= 4 is 31.6 Å². The Morgan fingerprint density at radius 2 is 2.05 bits per heavy atom. The molecule has 0 aromatic heterocycles. The van der Waals surface area contributed by atoms with Crippen LogP contribution in [0.1, 0.15) is 19.3 Å². The zero-order valence-corrected chi connectivity index (χ0v) is 14.6. The van der Waals surface area contributed by atoms with Gasteiger partial charge in [0.1, 0.15) is 0 Å². The first kappa shape index (κ1) is 16.7. The van der Waals surface area contributed by atoms with Gasteiger partial charge in [-0.05, 0) is 79.4 Å². The Kier molecular flexibility index (Phi) is 5.65. The van der Waals surface area contributed by atoms with Crippen LogP contribution < -0.4 is 10.5 Å². The van der Waals surface area contributed by atoms with E-state index in [1.54, 1.807) is 12.1 Å². The average molecular weight is 376 g/mol. The molecule has 3 N–H and O–H groups in total. The molecule has 0 unspecified atom stereocenters. The second-order valence-electron chi connectivity index (χ2n) is 5.62. The summed E-state index contributed by atoms with van der Waals surface area (Å²) in [5.41, 5.74) is 6.10. The zero-order chi connectivity index (χ0) is 15.5. The number of benzene rings is 1. The Balaban J connectivity index is 1.91. The van der Waals surface area contributed by atoms with Gasteiger partial charge in [0.25, 0.3) is 0 Å². The monoisotopic (exact) mass is 375 g/mol. The molecule has 1 fully saturated rings. The minimum absolute atomic E-state index is 0.200. The average Bonchev–Trinajstić information content (AvgIpc) is 2.43. The molecular weight excluding hydrogens is 354 g/mol. The normalized spacial score (nSPS) is 18.0. The number of likely N-dealkylation sites (tertiary alicyclic amines) is 1. The molecule has 1 aliphatic heterocycles. The Labute approximate surface area is 135 Å². The van der Waals surface area contributed by atoms with Crippen molar-refractivity contribution in [2.24, 2.45) is 5.92 Å². The van der Waals surface area contributed by atoms with Gasteiger partial charge in [-0.25, -0.2) is 13.1 Å². The summed E-state index contributed by atoms with van der Waals surface area (Å²) in [6, 6.07) is 4.80. The molecule has 2 rings (SSSR count). The summed E-state index contributed by atoms with van der Waals surface area (Å²) < 4.78 is 27.8. The lowest BCUT2D eigenvalue weighted by Gasteiger charge is -2.28. The van der Waals surface area contributed by atoms with Gasteiger partial charge in [0.2, 0.25) is 10.0 Å². The minimum atomic E-state index is -3.51. The first-order valence-corrected chi connectivity index (χ1v) is 9.39. The summed E-state index contributed by atoms with van der Waals surface area (Å²) in [7, 11) is -1.39. The van der Waals surface area contributed by atoms with Crippen LogP contribution in [-0.4, -0.2) is 40.0 Å². The number of nitrogens with two attached hydrogens (primary N) is 1. The summed E-state index contributed by atoms with van der Waals surface area (Å²) in [5.74, 6) is 0.605. The quantitative estimate of drug-likeness (QED) is 0.772. The number of hydrogen-bond donors (Lipinski definition) is 2.